The fourth-order valence-electron chi connectivity index (χ4n) is 2.84. The molecule has 1 aromatic rings. The van der Waals surface area contributed by atoms with Crippen molar-refractivity contribution in [2.45, 2.75) is 58.1 Å². The Morgan fingerprint density at radius 3 is 2.80 bits per heavy atom. The van der Waals surface area contributed by atoms with Crippen molar-refractivity contribution in [3.63, 3.8) is 0 Å². The summed E-state index contributed by atoms with van der Waals surface area (Å²) in [6.45, 7) is 4.94. The van der Waals surface area contributed by atoms with E-state index >= 15 is 0 Å². The van der Waals surface area contributed by atoms with Gasteiger partial charge in [-0.3, -0.25) is 0 Å². The predicted molar refractivity (Wildman–Crippen MR) is 80.3 cm³/mol. The molecule has 5 heteroatoms. The van der Waals surface area contributed by atoms with Gasteiger partial charge in [-0.25, -0.2) is 9.97 Å². The van der Waals surface area contributed by atoms with E-state index in [0.717, 1.165) is 49.0 Å². The summed E-state index contributed by atoms with van der Waals surface area (Å²) >= 11 is 6.23. The number of anilines is 1. The largest absolute Gasteiger partial charge is 0.376 e. The lowest BCUT2D eigenvalue weighted by Gasteiger charge is -2.21. The summed E-state index contributed by atoms with van der Waals surface area (Å²) in [5, 5.41) is 4.12. The smallest absolute Gasteiger partial charge is 0.137 e. The number of nitrogens with zero attached hydrogens (tertiary/aromatic N) is 2. The van der Waals surface area contributed by atoms with Crippen LogP contribution in [-0.2, 0) is 11.2 Å². The minimum Gasteiger partial charge on any atom is -0.376 e. The summed E-state index contributed by atoms with van der Waals surface area (Å²) < 4.78 is 5.87. The van der Waals surface area contributed by atoms with Crippen molar-refractivity contribution in [2.75, 3.05) is 11.9 Å². The maximum atomic E-state index is 6.23. The molecule has 2 atom stereocenters. The minimum atomic E-state index is 0.345. The zero-order valence-corrected chi connectivity index (χ0v) is 12.9. The van der Waals surface area contributed by atoms with E-state index in [1.807, 2.05) is 6.92 Å². The first-order chi connectivity index (χ1) is 9.69. The maximum Gasteiger partial charge on any atom is 0.137 e. The van der Waals surface area contributed by atoms with Gasteiger partial charge < -0.3 is 10.1 Å². The van der Waals surface area contributed by atoms with Crippen molar-refractivity contribution in [1.29, 1.82) is 0 Å². The molecule has 0 radical (unpaired) electrons. The van der Waals surface area contributed by atoms with Gasteiger partial charge in [0.2, 0.25) is 0 Å². The second kappa shape index (κ2) is 5.86. The summed E-state index contributed by atoms with van der Waals surface area (Å²) in [6, 6.07) is 0.363. The average Bonchev–Trinajstić information content (AvgIpc) is 3.16. The monoisotopic (exact) mass is 295 g/mol. The number of nitrogens with one attached hydrogen (secondary N) is 1. The SMILES string of the molecule is CCCc1nc(Cl)c(C)c(NC2CCOC2C2CC2)n1. The molecule has 1 saturated heterocycles. The third kappa shape index (κ3) is 2.91. The molecule has 3 rings (SSSR count). The highest BCUT2D eigenvalue weighted by atomic mass is 35.5. The number of hydrogen-bond acceptors (Lipinski definition) is 4. The molecule has 0 amide bonds. The van der Waals surface area contributed by atoms with Gasteiger partial charge in [-0.15, -0.1) is 0 Å². The van der Waals surface area contributed by atoms with E-state index in [-0.39, 0.29) is 0 Å². The van der Waals surface area contributed by atoms with Crippen molar-refractivity contribution >= 4 is 17.4 Å². The van der Waals surface area contributed by atoms with Gasteiger partial charge in [0.25, 0.3) is 0 Å². The van der Waals surface area contributed by atoms with Crippen molar-refractivity contribution in [3.05, 3.63) is 16.5 Å². The Labute approximate surface area is 125 Å². The Kier molecular flexibility index (Phi) is 4.13. The average molecular weight is 296 g/mol. The highest BCUT2D eigenvalue weighted by molar-refractivity contribution is 6.30. The van der Waals surface area contributed by atoms with Crippen LogP contribution in [0.3, 0.4) is 0 Å². The van der Waals surface area contributed by atoms with Crippen LogP contribution in [0, 0.1) is 12.8 Å². The molecule has 0 spiro atoms. The quantitative estimate of drug-likeness (QED) is 0.846. The van der Waals surface area contributed by atoms with Gasteiger partial charge in [-0.2, -0.15) is 0 Å². The highest BCUT2D eigenvalue weighted by Crippen LogP contribution is 2.39. The van der Waals surface area contributed by atoms with Crippen LogP contribution in [0.25, 0.3) is 0 Å². The van der Waals surface area contributed by atoms with Crippen LogP contribution in [-0.4, -0.2) is 28.7 Å². The van der Waals surface area contributed by atoms with Gasteiger partial charge in [0.1, 0.15) is 16.8 Å². The highest BCUT2D eigenvalue weighted by Gasteiger charge is 2.40. The molecule has 1 saturated carbocycles. The van der Waals surface area contributed by atoms with Crippen LogP contribution in [0.2, 0.25) is 5.15 Å². The lowest BCUT2D eigenvalue weighted by Crippen LogP contribution is -2.31. The first kappa shape index (κ1) is 14.1. The molecule has 1 aromatic heterocycles. The second-order valence-corrected chi connectivity index (χ2v) is 6.22. The summed E-state index contributed by atoms with van der Waals surface area (Å²) in [6.07, 6.45) is 5.88. The van der Waals surface area contributed by atoms with E-state index < -0.39 is 0 Å². The van der Waals surface area contributed by atoms with Crippen molar-refractivity contribution in [1.82, 2.24) is 9.97 Å². The van der Waals surface area contributed by atoms with Gasteiger partial charge >= 0.3 is 0 Å². The third-order valence-electron chi connectivity index (χ3n) is 4.15. The molecular weight excluding hydrogens is 274 g/mol. The molecule has 1 N–H and O–H groups in total. The molecule has 2 unspecified atom stereocenters. The van der Waals surface area contributed by atoms with Gasteiger partial charge in [0.15, 0.2) is 0 Å². The van der Waals surface area contributed by atoms with Gasteiger partial charge in [0.05, 0.1) is 12.1 Å². The molecule has 1 aliphatic heterocycles. The Morgan fingerprint density at radius 1 is 1.30 bits per heavy atom. The number of hydrogen-bond donors (Lipinski definition) is 1. The molecule has 2 heterocycles. The number of aryl methyl sites for hydroxylation is 1. The Balaban J connectivity index is 1.78. The van der Waals surface area contributed by atoms with E-state index in [4.69, 9.17) is 16.3 Å². The van der Waals surface area contributed by atoms with E-state index in [1.165, 1.54) is 12.8 Å². The van der Waals surface area contributed by atoms with Crippen molar-refractivity contribution in [2.24, 2.45) is 5.92 Å². The zero-order valence-electron chi connectivity index (χ0n) is 12.2. The second-order valence-electron chi connectivity index (χ2n) is 5.87. The number of aromatic nitrogens is 2. The Bertz CT molecular complexity index is 490. The lowest BCUT2D eigenvalue weighted by atomic mass is 10.1. The summed E-state index contributed by atoms with van der Waals surface area (Å²) in [5.41, 5.74) is 0.938. The summed E-state index contributed by atoms with van der Waals surface area (Å²) in [4.78, 5) is 8.99. The van der Waals surface area contributed by atoms with E-state index in [2.05, 4.69) is 22.2 Å². The van der Waals surface area contributed by atoms with Crippen molar-refractivity contribution < 1.29 is 4.74 Å². The summed E-state index contributed by atoms with van der Waals surface area (Å²) in [7, 11) is 0. The molecule has 1 aliphatic carbocycles. The van der Waals surface area contributed by atoms with E-state index in [9.17, 15) is 0 Å². The van der Waals surface area contributed by atoms with E-state index in [1.54, 1.807) is 0 Å². The van der Waals surface area contributed by atoms with Crippen molar-refractivity contribution in [3.8, 4) is 0 Å². The van der Waals surface area contributed by atoms with E-state index in [0.29, 0.717) is 17.3 Å². The number of ether oxygens (including phenoxy) is 1. The summed E-state index contributed by atoms with van der Waals surface area (Å²) in [5.74, 6) is 2.45. The Hall–Kier alpha value is -0.870. The predicted octanol–water partition coefficient (Wildman–Crippen LogP) is 3.37. The third-order valence-corrected chi connectivity index (χ3v) is 4.52. The van der Waals surface area contributed by atoms with Crippen LogP contribution in [0.1, 0.15) is 44.0 Å². The number of rotatable bonds is 5. The Morgan fingerprint density at radius 2 is 2.10 bits per heavy atom. The molecule has 0 bridgehead atoms. The van der Waals surface area contributed by atoms with Gasteiger partial charge in [0, 0.05) is 18.6 Å². The fourth-order valence-corrected chi connectivity index (χ4v) is 3.03. The molecule has 20 heavy (non-hydrogen) atoms. The van der Waals surface area contributed by atoms with Gasteiger partial charge in [-0.05, 0) is 38.5 Å². The van der Waals surface area contributed by atoms with Crippen LogP contribution >= 0.6 is 11.6 Å². The molecule has 2 fully saturated rings. The van der Waals surface area contributed by atoms with Crippen LogP contribution < -0.4 is 5.32 Å². The van der Waals surface area contributed by atoms with Gasteiger partial charge in [-0.1, -0.05) is 18.5 Å². The minimum absolute atomic E-state index is 0.345. The molecule has 4 nitrogen and oxygen atoms in total. The normalized spacial score (nSPS) is 25.9. The maximum absolute atomic E-state index is 6.23. The standard InChI is InChI=1S/C15H22ClN3O/c1-3-4-12-18-14(16)9(2)15(19-12)17-11-7-8-20-13(11)10-5-6-10/h10-11,13H,3-8H2,1-2H3,(H,17,18,19). The first-order valence-corrected chi connectivity index (χ1v) is 7.98. The molecule has 0 aromatic carbocycles. The van der Waals surface area contributed by atoms with Crippen LogP contribution in [0.4, 0.5) is 5.82 Å². The molecule has 110 valence electrons. The molecular formula is C15H22ClN3O. The van der Waals surface area contributed by atoms with Crippen LogP contribution in [0.5, 0.6) is 0 Å². The molecule has 2 aliphatic rings. The number of halogens is 1. The lowest BCUT2D eigenvalue weighted by molar-refractivity contribution is 0.0898. The topological polar surface area (TPSA) is 47.0 Å². The van der Waals surface area contributed by atoms with Crippen LogP contribution in [0.15, 0.2) is 0 Å². The fraction of sp³-hybridized carbons (Fsp3) is 0.733. The first-order valence-electron chi connectivity index (χ1n) is 7.60. The zero-order chi connectivity index (χ0) is 14.1.